The SMILES string of the molecule is COC(=O)CCCCCCCCCCOCCC(C)CC(=O)OC. The molecule has 1 unspecified atom stereocenters. The molecule has 0 aromatic rings. The molecule has 1 atom stereocenters. The fraction of sp³-hybridized carbons (Fsp3) is 0.895. The van der Waals surface area contributed by atoms with Gasteiger partial charge in [0.2, 0.25) is 0 Å². The summed E-state index contributed by atoms with van der Waals surface area (Å²) in [7, 11) is 2.86. The average molecular weight is 344 g/mol. The summed E-state index contributed by atoms with van der Waals surface area (Å²) in [4.78, 5) is 22.0. The van der Waals surface area contributed by atoms with E-state index in [0.717, 1.165) is 38.9 Å². The highest BCUT2D eigenvalue weighted by Crippen LogP contribution is 2.11. The van der Waals surface area contributed by atoms with Crippen molar-refractivity contribution in [3.63, 3.8) is 0 Å². The van der Waals surface area contributed by atoms with Crippen LogP contribution in [0.1, 0.15) is 77.6 Å². The summed E-state index contributed by atoms with van der Waals surface area (Å²) in [6, 6.07) is 0. The number of carbonyl (C=O) groups is 2. The third kappa shape index (κ3) is 15.8. The van der Waals surface area contributed by atoms with Crippen LogP contribution < -0.4 is 0 Å². The lowest BCUT2D eigenvalue weighted by atomic mass is 10.1. The van der Waals surface area contributed by atoms with E-state index in [1.165, 1.54) is 46.3 Å². The number of ether oxygens (including phenoxy) is 3. The van der Waals surface area contributed by atoms with Crippen LogP contribution in [-0.2, 0) is 23.8 Å². The molecule has 0 fully saturated rings. The van der Waals surface area contributed by atoms with Crippen molar-refractivity contribution in [2.45, 2.75) is 77.6 Å². The zero-order valence-electron chi connectivity index (χ0n) is 15.8. The number of rotatable bonds is 16. The summed E-state index contributed by atoms with van der Waals surface area (Å²) in [6.45, 7) is 3.58. The van der Waals surface area contributed by atoms with Crippen LogP contribution in [0.3, 0.4) is 0 Å². The molecule has 0 bridgehead atoms. The van der Waals surface area contributed by atoms with Crippen LogP contribution >= 0.6 is 0 Å². The van der Waals surface area contributed by atoms with E-state index in [4.69, 9.17) is 4.74 Å². The molecule has 0 saturated carbocycles. The zero-order valence-corrected chi connectivity index (χ0v) is 15.8. The predicted octanol–water partition coefficient (Wildman–Crippen LogP) is 4.28. The molecule has 0 aromatic carbocycles. The van der Waals surface area contributed by atoms with Gasteiger partial charge in [-0.3, -0.25) is 9.59 Å². The molecule has 24 heavy (non-hydrogen) atoms. The standard InChI is InChI=1S/C19H36O5/c1-17(16-19(21)23-3)13-15-24-14-11-9-7-5-4-6-8-10-12-18(20)22-2/h17H,4-16H2,1-3H3. The van der Waals surface area contributed by atoms with E-state index in [2.05, 4.69) is 9.47 Å². The summed E-state index contributed by atoms with van der Waals surface area (Å²) >= 11 is 0. The molecule has 0 spiro atoms. The molecule has 142 valence electrons. The quantitative estimate of drug-likeness (QED) is 0.309. The molecule has 0 amide bonds. The number of esters is 2. The van der Waals surface area contributed by atoms with E-state index >= 15 is 0 Å². The second-order valence-corrected chi connectivity index (χ2v) is 6.44. The van der Waals surface area contributed by atoms with Gasteiger partial charge < -0.3 is 14.2 Å². The van der Waals surface area contributed by atoms with Crippen LogP contribution in [0.2, 0.25) is 0 Å². The Kier molecular flexibility index (Phi) is 16.0. The van der Waals surface area contributed by atoms with Crippen LogP contribution in [0.15, 0.2) is 0 Å². The van der Waals surface area contributed by atoms with Crippen LogP contribution in [0, 0.1) is 5.92 Å². The van der Waals surface area contributed by atoms with Crippen LogP contribution in [0.25, 0.3) is 0 Å². The van der Waals surface area contributed by atoms with Crippen molar-refractivity contribution in [1.29, 1.82) is 0 Å². The molecule has 0 radical (unpaired) electrons. The molecule has 5 nitrogen and oxygen atoms in total. The largest absolute Gasteiger partial charge is 0.469 e. The Labute approximate surface area is 147 Å². The maximum Gasteiger partial charge on any atom is 0.305 e. The lowest BCUT2D eigenvalue weighted by Gasteiger charge is -2.10. The highest BCUT2D eigenvalue weighted by atomic mass is 16.5. The maximum atomic E-state index is 11.1. The van der Waals surface area contributed by atoms with Gasteiger partial charge in [-0.1, -0.05) is 45.4 Å². The number of hydrogen-bond donors (Lipinski definition) is 0. The van der Waals surface area contributed by atoms with Crippen molar-refractivity contribution in [2.24, 2.45) is 5.92 Å². The van der Waals surface area contributed by atoms with Gasteiger partial charge in [0.15, 0.2) is 0 Å². The van der Waals surface area contributed by atoms with Crippen molar-refractivity contribution in [2.75, 3.05) is 27.4 Å². The predicted molar refractivity (Wildman–Crippen MR) is 94.8 cm³/mol. The minimum absolute atomic E-state index is 0.102. The third-order valence-electron chi connectivity index (χ3n) is 4.15. The van der Waals surface area contributed by atoms with Crippen molar-refractivity contribution >= 4 is 11.9 Å². The number of methoxy groups -OCH3 is 2. The molecule has 0 N–H and O–H groups in total. The highest BCUT2D eigenvalue weighted by Gasteiger charge is 2.08. The average Bonchev–Trinajstić information content (AvgIpc) is 2.58. The van der Waals surface area contributed by atoms with Gasteiger partial charge in [-0.2, -0.15) is 0 Å². The first-order chi connectivity index (χ1) is 11.6. The first kappa shape index (κ1) is 22.9. The monoisotopic (exact) mass is 344 g/mol. The normalized spacial score (nSPS) is 12.0. The Hall–Kier alpha value is -1.10. The molecular formula is C19H36O5. The van der Waals surface area contributed by atoms with Crippen LogP contribution in [-0.4, -0.2) is 39.4 Å². The molecule has 0 heterocycles. The van der Waals surface area contributed by atoms with Gasteiger partial charge in [-0.05, 0) is 25.2 Å². The lowest BCUT2D eigenvalue weighted by molar-refractivity contribution is -0.142. The Balaban J connectivity index is 3.17. The summed E-state index contributed by atoms with van der Waals surface area (Å²) in [5.74, 6) is 0.0686. The summed E-state index contributed by atoms with van der Waals surface area (Å²) in [5, 5.41) is 0. The minimum atomic E-state index is -0.146. The highest BCUT2D eigenvalue weighted by molar-refractivity contribution is 5.69. The fourth-order valence-electron chi connectivity index (χ4n) is 2.49. The lowest BCUT2D eigenvalue weighted by Crippen LogP contribution is -2.09. The summed E-state index contributed by atoms with van der Waals surface area (Å²) in [6.07, 6.45) is 11.2. The van der Waals surface area contributed by atoms with Crippen molar-refractivity contribution < 1.29 is 23.8 Å². The van der Waals surface area contributed by atoms with Crippen molar-refractivity contribution in [3.05, 3.63) is 0 Å². The molecule has 0 aromatic heterocycles. The van der Waals surface area contributed by atoms with Gasteiger partial charge in [0.25, 0.3) is 0 Å². The Morgan fingerprint density at radius 1 is 0.750 bits per heavy atom. The molecule has 0 aliphatic rings. The van der Waals surface area contributed by atoms with E-state index in [0.29, 0.717) is 18.8 Å². The van der Waals surface area contributed by atoms with Gasteiger partial charge in [0.1, 0.15) is 0 Å². The van der Waals surface area contributed by atoms with Gasteiger partial charge in [0, 0.05) is 26.1 Å². The van der Waals surface area contributed by atoms with Crippen LogP contribution in [0.5, 0.6) is 0 Å². The van der Waals surface area contributed by atoms with E-state index in [1.54, 1.807) is 0 Å². The molecule has 0 rings (SSSR count). The van der Waals surface area contributed by atoms with Gasteiger partial charge >= 0.3 is 11.9 Å². The van der Waals surface area contributed by atoms with Crippen molar-refractivity contribution in [3.8, 4) is 0 Å². The molecule has 0 saturated heterocycles. The van der Waals surface area contributed by atoms with Gasteiger partial charge in [0.05, 0.1) is 14.2 Å². The Morgan fingerprint density at radius 3 is 1.88 bits per heavy atom. The topological polar surface area (TPSA) is 61.8 Å². The second-order valence-electron chi connectivity index (χ2n) is 6.44. The molecule has 5 heteroatoms. The number of unbranched alkanes of at least 4 members (excludes halogenated alkanes) is 7. The smallest absolute Gasteiger partial charge is 0.305 e. The maximum absolute atomic E-state index is 11.1. The molecular weight excluding hydrogens is 308 g/mol. The second kappa shape index (κ2) is 16.7. The first-order valence-corrected chi connectivity index (χ1v) is 9.31. The van der Waals surface area contributed by atoms with Gasteiger partial charge in [-0.15, -0.1) is 0 Å². The van der Waals surface area contributed by atoms with E-state index in [1.807, 2.05) is 6.92 Å². The Morgan fingerprint density at radius 2 is 1.29 bits per heavy atom. The number of carbonyl (C=O) groups excluding carboxylic acids is 2. The summed E-state index contributed by atoms with van der Waals surface area (Å²) < 4.78 is 14.9. The summed E-state index contributed by atoms with van der Waals surface area (Å²) in [5.41, 5.74) is 0. The Bertz CT molecular complexity index is 317. The first-order valence-electron chi connectivity index (χ1n) is 9.31. The third-order valence-corrected chi connectivity index (χ3v) is 4.15. The van der Waals surface area contributed by atoms with Crippen molar-refractivity contribution in [1.82, 2.24) is 0 Å². The number of hydrogen-bond acceptors (Lipinski definition) is 5. The van der Waals surface area contributed by atoms with Crippen LogP contribution in [0.4, 0.5) is 0 Å². The van der Waals surface area contributed by atoms with E-state index in [-0.39, 0.29) is 11.9 Å². The molecule has 0 aliphatic heterocycles. The minimum Gasteiger partial charge on any atom is -0.469 e. The van der Waals surface area contributed by atoms with Gasteiger partial charge in [-0.25, -0.2) is 0 Å². The van der Waals surface area contributed by atoms with E-state index in [9.17, 15) is 9.59 Å². The molecule has 0 aliphatic carbocycles. The zero-order chi connectivity index (χ0) is 18.0. The fourth-order valence-corrected chi connectivity index (χ4v) is 2.49. The van der Waals surface area contributed by atoms with E-state index < -0.39 is 0 Å².